The van der Waals surface area contributed by atoms with E-state index in [1.807, 2.05) is 6.92 Å². The van der Waals surface area contributed by atoms with Crippen LogP contribution >= 0.6 is 23.2 Å². The van der Waals surface area contributed by atoms with E-state index in [1.165, 1.54) is 0 Å². The van der Waals surface area contributed by atoms with Gasteiger partial charge >= 0.3 is 0 Å². The second-order valence-corrected chi connectivity index (χ2v) is 4.02. The topological polar surface area (TPSA) is 54.7 Å². The highest BCUT2D eigenvalue weighted by atomic mass is 35.5. The molecule has 0 unspecified atom stereocenters. The number of anilines is 1. The number of nitrogen functional groups attached to an aromatic ring is 1. The van der Waals surface area contributed by atoms with Crippen LogP contribution in [0.4, 0.5) is 5.82 Å². The van der Waals surface area contributed by atoms with Gasteiger partial charge in [0.15, 0.2) is 5.82 Å². The van der Waals surface area contributed by atoms with E-state index in [0.29, 0.717) is 15.9 Å². The van der Waals surface area contributed by atoms with Crippen molar-refractivity contribution < 1.29 is 0 Å². The van der Waals surface area contributed by atoms with E-state index in [2.05, 4.69) is 10.2 Å². The quantitative estimate of drug-likeness (QED) is 0.806. The minimum atomic E-state index is 0.405. The van der Waals surface area contributed by atoms with E-state index in [9.17, 15) is 0 Å². The Labute approximate surface area is 97.2 Å². The lowest BCUT2D eigenvalue weighted by Gasteiger charge is -2.06. The van der Waals surface area contributed by atoms with Crippen molar-refractivity contribution in [1.82, 2.24) is 10.2 Å². The van der Waals surface area contributed by atoms with Gasteiger partial charge in [-0.05, 0) is 19.1 Å². The van der Waals surface area contributed by atoms with Gasteiger partial charge in [0.25, 0.3) is 0 Å². The molecule has 0 spiro atoms. The first-order valence-electron chi connectivity index (χ1n) is 4.36. The van der Waals surface area contributed by atoms with Crippen molar-refractivity contribution in [2.75, 3.05) is 5.73 Å². The van der Waals surface area contributed by atoms with Gasteiger partial charge in [-0.3, -0.25) is 5.10 Å². The van der Waals surface area contributed by atoms with Gasteiger partial charge in [-0.15, -0.1) is 0 Å². The predicted octanol–water partition coefficient (Wildman–Crippen LogP) is 3.27. The smallest absolute Gasteiger partial charge is 0.153 e. The summed E-state index contributed by atoms with van der Waals surface area (Å²) in [5, 5.41) is 7.84. The fourth-order valence-electron chi connectivity index (χ4n) is 1.50. The van der Waals surface area contributed by atoms with Gasteiger partial charge in [0.1, 0.15) is 0 Å². The second-order valence-electron chi connectivity index (χ2n) is 3.21. The normalized spacial score (nSPS) is 10.6. The zero-order valence-electron chi connectivity index (χ0n) is 8.01. The Kier molecular flexibility index (Phi) is 2.59. The van der Waals surface area contributed by atoms with E-state index < -0.39 is 0 Å². The van der Waals surface area contributed by atoms with Crippen molar-refractivity contribution >= 4 is 29.0 Å². The monoisotopic (exact) mass is 241 g/mol. The summed E-state index contributed by atoms with van der Waals surface area (Å²) in [5.41, 5.74) is 8.10. The Morgan fingerprint density at radius 2 is 1.80 bits per heavy atom. The largest absolute Gasteiger partial charge is 0.382 e. The van der Waals surface area contributed by atoms with Gasteiger partial charge in [-0.2, -0.15) is 5.10 Å². The number of aromatic amines is 1. The summed E-state index contributed by atoms with van der Waals surface area (Å²) < 4.78 is 0. The minimum absolute atomic E-state index is 0.405. The van der Waals surface area contributed by atoms with Gasteiger partial charge < -0.3 is 5.73 Å². The summed E-state index contributed by atoms with van der Waals surface area (Å²) in [6.07, 6.45) is 0. The number of hydrogen-bond acceptors (Lipinski definition) is 2. The minimum Gasteiger partial charge on any atom is -0.382 e. The summed E-state index contributed by atoms with van der Waals surface area (Å²) in [6, 6.07) is 5.34. The van der Waals surface area contributed by atoms with E-state index in [4.69, 9.17) is 28.9 Å². The van der Waals surface area contributed by atoms with Crippen LogP contribution in [-0.4, -0.2) is 10.2 Å². The Morgan fingerprint density at radius 3 is 2.27 bits per heavy atom. The van der Waals surface area contributed by atoms with Crippen LogP contribution in [0.5, 0.6) is 0 Å². The molecule has 78 valence electrons. The average molecular weight is 242 g/mol. The molecule has 0 saturated heterocycles. The summed E-state index contributed by atoms with van der Waals surface area (Å²) in [5.74, 6) is 0.405. The molecule has 15 heavy (non-hydrogen) atoms. The zero-order chi connectivity index (χ0) is 11.0. The van der Waals surface area contributed by atoms with Crippen molar-refractivity contribution in [3.8, 4) is 11.1 Å². The molecule has 0 aliphatic carbocycles. The molecular weight excluding hydrogens is 233 g/mol. The Hall–Kier alpha value is -1.19. The second kappa shape index (κ2) is 3.76. The van der Waals surface area contributed by atoms with Crippen molar-refractivity contribution in [2.45, 2.75) is 6.92 Å². The van der Waals surface area contributed by atoms with Crippen LogP contribution in [-0.2, 0) is 0 Å². The molecule has 0 atom stereocenters. The molecule has 0 radical (unpaired) electrons. The molecule has 3 nitrogen and oxygen atoms in total. The standard InChI is InChI=1S/C10H9Cl2N3/c1-5-8(10(13)15-14-5)9-6(11)3-2-4-7(9)12/h2-4H,1H3,(H3,13,14,15). The number of H-pyrrole nitrogens is 1. The first kappa shape index (κ1) is 10.3. The third-order valence-electron chi connectivity index (χ3n) is 2.19. The Balaban J connectivity index is 2.74. The van der Waals surface area contributed by atoms with Gasteiger partial charge in [-0.25, -0.2) is 0 Å². The van der Waals surface area contributed by atoms with Crippen molar-refractivity contribution in [3.05, 3.63) is 33.9 Å². The zero-order valence-corrected chi connectivity index (χ0v) is 9.52. The maximum atomic E-state index is 6.08. The molecule has 0 fully saturated rings. The number of hydrogen-bond donors (Lipinski definition) is 2. The van der Waals surface area contributed by atoms with E-state index in [-0.39, 0.29) is 0 Å². The number of rotatable bonds is 1. The first-order chi connectivity index (χ1) is 7.11. The predicted molar refractivity (Wildman–Crippen MR) is 63.2 cm³/mol. The number of nitrogens with two attached hydrogens (primary N) is 1. The highest BCUT2D eigenvalue weighted by Crippen LogP contribution is 2.38. The van der Waals surface area contributed by atoms with Crippen LogP contribution in [0, 0.1) is 6.92 Å². The molecule has 5 heteroatoms. The van der Waals surface area contributed by atoms with E-state index >= 15 is 0 Å². The molecule has 0 aliphatic heterocycles. The lowest BCUT2D eigenvalue weighted by atomic mass is 10.1. The number of halogens is 2. The van der Waals surface area contributed by atoms with Gasteiger partial charge in [0, 0.05) is 16.8 Å². The van der Waals surface area contributed by atoms with E-state index in [0.717, 1.165) is 16.8 Å². The summed E-state index contributed by atoms with van der Waals surface area (Å²) in [6.45, 7) is 1.87. The van der Waals surface area contributed by atoms with Crippen molar-refractivity contribution in [3.63, 3.8) is 0 Å². The summed E-state index contributed by atoms with van der Waals surface area (Å²) in [7, 11) is 0. The highest BCUT2D eigenvalue weighted by molar-refractivity contribution is 6.39. The molecule has 0 saturated carbocycles. The fourth-order valence-corrected chi connectivity index (χ4v) is 2.09. The molecule has 1 heterocycles. The van der Waals surface area contributed by atoms with Crippen LogP contribution < -0.4 is 5.73 Å². The Bertz CT molecular complexity index is 466. The molecule has 1 aromatic heterocycles. The number of nitrogens with zero attached hydrogens (tertiary/aromatic N) is 1. The summed E-state index contributed by atoms with van der Waals surface area (Å²) >= 11 is 12.2. The van der Waals surface area contributed by atoms with Gasteiger partial charge in [0.05, 0.1) is 10.0 Å². The molecule has 0 amide bonds. The highest BCUT2D eigenvalue weighted by Gasteiger charge is 2.15. The summed E-state index contributed by atoms with van der Waals surface area (Å²) in [4.78, 5) is 0. The van der Waals surface area contributed by atoms with Crippen molar-refractivity contribution in [1.29, 1.82) is 0 Å². The maximum absolute atomic E-state index is 6.08. The molecule has 0 bridgehead atoms. The van der Waals surface area contributed by atoms with Gasteiger partial charge in [0.2, 0.25) is 0 Å². The number of aromatic nitrogens is 2. The average Bonchev–Trinajstić information content (AvgIpc) is 2.49. The van der Waals surface area contributed by atoms with Crippen LogP contribution in [0.15, 0.2) is 18.2 Å². The fraction of sp³-hybridized carbons (Fsp3) is 0.100. The third-order valence-corrected chi connectivity index (χ3v) is 2.82. The molecular formula is C10H9Cl2N3. The molecule has 0 aliphatic rings. The molecule has 2 aromatic rings. The van der Waals surface area contributed by atoms with Crippen LogP contribution in [0.25, 0.3) is 11.1 Å². The molecule has 2 rings (SSSR count). The lowest BCUT2D eigenvalue weighted by Crippen LogP contribution is -1.90. The number of aryl methyl sites for hydroxylation is 1. The van der Waals surface area contributed by atoms with Gasteiger partial charge in [-0.1, -0.05) is 29.3 Å². The SMILES string of the molecule is Cc1[nH]nc(N)c1-c1c(Cl)cccc1Cl. The first-order valence-corrected chi connectivity index (χ1v) is 5.11. The Morgan fingerprint density at radius 1 is 1.20 bits per heavy atom. The number of nitrogens with one attached hydrogen (secondary N) is 1. The third kappa shape index (κ3) is 1.68. The lowest BCUT2D eigenvalue weighted by molar-refractivity contribution is 1.05. The van der Waals surface area contributed by atoms with Crippen LogP contribution in [0.1, 0.15) is 5.69 Å². The maximum Gasteiger partial charge on any atom is 0.153 e. The van der Waals surface area contributed by atoms with E-state index in [1.54, 1.807) is 18.2 Å². The van der Waals surface area contributed by atoms with Crippen LogP contribution in [0.2, 0.25) is 10.0 Å². The molecule has 1 aromatic carbocycles. The number of benzene rings is 1. The van der Waals surface area contributed by atoms with Crippen molar-refractivity contribution in [2.24, 2.45) is 0 Å². The molecule has 3 N–H and O–H groups in total. The van der Waals surface area contributed by atoms with Crippen LogP contribution in [0.3, 0.4) is 0 Å².